The average molecular weight is 420 g/mol. The first-order valence-corrected chi connectivity index (χ1v) is 11.2. The molecule has 0 bridgehead atoms. The van der Waals surface area contributed by atoms with E-state index in [0.29, 0.717) is 37.5 Å². The number of hydrogen-bond acceptors (Lipinski definition) is 5. The Morgan fingerprint density at radius 1 is 1.07 bits per heavy atom. The van der Waals surface area contributed by atoms with Crippen LogP contribution < -0.4 is 5.32 Å². The average Bonchev–Trinajstić information content (AvgIpc) is 2.84. The highest BCUT2D eigenvalue weighted by Crippen LogP contribution is 2.20. The lowest BCUT2D eigenvalue weighted by Crippen LogP contribution is -2.38. The van der Waals surface area contributed by atoms with Crippen LogP contribution >= 0.6 is 0 Å². The maximum absolute atomic E-state index is 12.9. The molecule has 0 aliphatic carbocycles. The van der Waals surface area contributed by atoms with Crippen molar-refractivity contribution in [3.05, 3.63) is 41.2 Å². The topological polar surface area (TPSA) is 87.5 Å². The van der Waals surface area contributed by atoms with Gasteiger partial charge in [-0.1, -0.05) is 17.7 Å². The van der Waals surface area contributed by atoms with E-state index < -0.39 is 10.0 Å². The zero-order valence-corrected chi connectivity index (χ0v) is 18.3. The highest BCUT2D eigenvalue weighted by atomic mass is 32.2. The van der Waals surface area contributed by atoms with E-state index in [1.165, 1.54) is 4.31 Å². The minimum absolute atomic E-state index is 0.112. The molecular formula is C20H29N5O3S. The van der Waals surface area contributed by atoms with Crippen LogP contribution in [0.4, 0.5) is 5.69 Å². The molecule has 1 amide bonds. The van der Waals surface area contributed by atoms with Gasteiger partial charge in [-0.3, -0.25) is 14.4 Å². The van der Waals surface area contributed by atoms with Crippen LogP contribution in [0.1, 0.15) is 23.4 Å². The standard InChI is InChI=1S/C20H29N5O3S/c1-15-6-8-18(9-7-15)29(27,28)25-11-5-10-24(12-13-25)14-19(26)21-20-16(2)22-23(4)17(20)3/h6-9H,5,10-14H2,1-4H3,(H,21,26). The Bertz CT molecular complexity index is 982. The van der Waals surface area contributed by atoms with Crippen LogP contribution in [0.5, 0.6) is 0 Å². The van der Waals surface area contributed by atoms with Gasteiger partial charge < -0.3 is 5.32 Å². The van der Waals surface area contributed by atoms with Crippen molar-refractivity contribution < 1.29 is 13.2 Å². The van der Waals surface area contributed by atoms with Crippen LogP contribution in [0.25, 0.3) is 0 Å². The maximum atomic E-state index is 12.9. The van der Waals surface area contributed by atoms with Crippen LogP contribution in [0.15, 0.2) is 29.2 Å². The Morgan fingerprint density at radius 3 is 2.38 bits per heavy atom. The van der Waals surface area contributed by atoms with Crippen molar-refractivity contribution in [1.29, 1.82) is 0 Å². The zero-order valence-electron chi connectivity index (χ0n) is 17.5. The van der Waals surface area contributed by atoms with E-state index in [4.69, 9.17) is 0 Å². The molecule has 0 unspecified atom stereocenters. The molecule has 0 atom stereocenters. The van der Waals surface area contributed by atoms with E-state index in [1.54, 1.807) is 16.8 Å². The molecule has 8 nitrogen and oxygen atoms in total. The number of amides is 1. The molecule has 158 valence electrons. The molecule has 1 N–H and O–H groups in total. The molecule has 2 heterocycles. The third kappa shape index (κ3) is 4.85. The number of hydrogen-bond donors (Lipinski definition) is 1. The highest BCUT2D eigenvalue weighted by molar-refractivity contribution is 7.89. The number of nitrogens with zero attached hydrogens (tertiary/aromatic N) is 4. The zero-order chi connectivity index (χ0) is 21.2. The third-order valence-electron chi connectivity index (χ3n) is 5.35. The Labute approximate surface area is 172 Å². The van der Waals surface area contributed by atoms with Crippen LogP contribution in [0.2, 0.25) is 0 Å². The second kappa shape index (κ2) is 8.64. The van der Waals surface area contributed by atoms with Gasteiger partial charge in [0, 0.05) is 26.7 Å². The predicted octanol–water partition coefficient (Wildman–Crippen LogP) is 1.68. The highest BCUT2D eigenvalue weighted by Gasteiger charge is 2.27. The summed E-state index contributed by atoms with van der Waals surface area (Å²) in [6.07, 6.45) is 0.684. The first-order chi connectivity index (χ1) is 13.7. The van der Waals surface area contributed by atoms with Gasteiger partial charge in [-0.2, -0.15) is 9.40 Å². The number of carbonyl (C=O) groups excluding carboxylic acids is 1. The van der Waals surface area contributed by atoms with E-state index in [9.17, 15) is 13.2 Å². The van der Waals surface area contributed by atoms with Crippen molar-refractivity contribution in [2.75, 3.05) is 38.0 Å². The molecule has 1 saturated heterocycles. The normalized spacial score (nSPS) is 16.6. The molecule has 1 aromatic heterocycles. The Balaban J connectivity index is 1.61. The third-order valence-corrected chi connectivity index (χ3v) is 7.26. The molecule has 9 heteroatoms. The molecule has 0 spiro atoms. The first kappa shape index (κ1) is 21.5. The molecule has 3 rings (SSSR count). The molecule has 2 aromatic rings. The lowest BCUT2D eigenvalue weighted by atomic mass is 10.2. The molecule has 29 heavy (non-hydrogen) atoms. The van der Waals surface area contributed by atoms with Gasteiger partial charge in [-0.25, -0.2) is 8.42 Å². The largest absolute Gasteiger partial charge is 0.322 e. The summed E-state index contributed by atoms with van der Waals surface area (Å²) in [5.41, 5.74) is 3.46. The van der Waals surface area contributed by atoms with E-state index in [0.717, 1.165) is 22.6 Å². The van der Waals surface area contributed by atoms with Crippen molar-refractivity contribution in [2.24, 2.45) is 7.05 Å². The summed E-state index contributed by atoms with van der Waals surface area (Å²) in [6.45, 7) is 7.95. The lowest BCUT2D eigenvalue weighted by molar-refractivity contribution is -0.117. The molecule has 1 fully saturated rings. The smallest absolute Gasteiger partial charge is 0.243 e. The van der Waals surface area contributed by atoms with Crippen molar-refractivity contribution in [3.8, 4) is 0 Å². The fraction of sp³-hybridized carbons (Fsp3) is 0.500. The summed E-state index contributed by atoms with van der Waals surface area (Å²) in [4.78, 5) is 14.8. The van der Waals surface area contributed by atoms with Crippen molar-refractivity contribution in [1.82, 2.24) is 19.0 Å². The lowest BCUT2D eigenvalue weighted by Gasteiger charge is -2.21. The van der Waals surface area contributed by atoms with Crippen molar-refractivity contribution in [3.63, 3.8) is 0 Å². The van der Waals surface area contributed by atoms with Crippen LogP contribution in [0, 0.1) is 20.8 Å². The van der Waals surface area contributed by atoms with E-state index in [1.807, 2.05) is 44.9 Å². The number of benzene rings is 1. The van der Waals surface area contributed by atoms with Crippen LogP contribution in [-0.2, 0) is 21.9 Å². The molecule has 1 aliphatic heterocycles. The fourth-order valence-corrected chi connectivity index (χ4v) is 5.01. The van der Waals surface area contributed by atoms with Crippen molar-refractivity contribution in [2.45, 2.75) is 32.1 Å². The summed E-state index contributed by atoms with van der Waals surface area (Å²) in [7, 11) is -1.67. The number of aryl methyl sites for hydroxylation is 3. The Kier molecular flexibility index (Phi) is 6.40. The predicted molar refractivity (Wildman–Crippen MR) is 112 cm³/mol. The Hall–Kier alpha value is -2.23. The quantitative estimate of drug-likeness (QED) is 0.797. The fourth-order valence-electron chi connectivity index (χ4n) is 3.54. The number of anilines is 1. The molecule has 0 saturated carbocycles. The van der Waals surface area contributed by atoms with Gasteiger partial charge in [0.15, 0.2) is 0 Å². The molecule has 1 aliphatic rings. The maximum Gasteiger partial charge on any atom is 0.243 e. The summed E-state index contributed by atoms with van der Waals surface area (Å²) in [6, 6.07) is 6.92. The van der Waals surface area contributed by atoms with Gasteiger partial charge in [-0.05, 0) is 45.9 Å². The molecule has 0 radical (unpaired) electrons. The van der Waals surface area contributed by atoms with Gasteiger partial charge in [0.2, 0.25) is 15.9 Å². The first-order valence-electron chi connectivity index (χ1n) is 9.77. The number of nitrogens with one attached hydrogen (secondary N) is 1. The summed E-state index contributed by atoms with van der Waals surface area (Å²) < 4.78 is 29.1. The monoisotopic (exact) mass is 419 g/mol. The van der Waals surface area contributed by atoms with E-state index >= 15 is 0 Å². The summed E-state index contributed by atoms with van der Waals surface area (Å²) in [5, 5.41) is 7.26. The van der Waals surface area contributed by atoms with Gasteiger partial charge in [0.25, 0.3) is 0 Å². The second-order valence-electron chi connectivity index (χ2n) is 7.56. The summed E-state index contributed by atoms with van der Waals surface area (Å²) in [5.74, 6) is -0.112. The van der Waals surface area contributed by atoms with E-state index in [-0.39, 0.29) is 12.5 Å². The van der Waals surface area contributed by atoms with Crippen LogP contribution in [0.3, 0.4) is 0 Å². The summed E-state index contributed by atoms with van der Waals surface area (Å²) >= 11 is 0. The van der Waals surface area contributed by atoms with E-state index in [2.05, 4.69) is 10.4 Å². The van der Waals surface area contributed by atoms with Crippen LogP contribution in [-0.4, -0.2) is 66.0 Å². The van der Waals surface area contributed by atoms with Gasteiger partial charge in [-0.15, -0.1) is 0 Å². The number of sulfonamides is 1. The van der Waals surface area contributed by atoms with Gasteiger partial charge >= 0.3 is 0 Å². The Morgan fingerprint density at radius 2 is 1.76 bits per heavy atom. The number of aromatic nitrogens is 2. The molecular weight excluding hydrogens is 390 g/mol. The van der Waals surface area contributed by atoms with Crippen molar-refractivity contribution >= 4 is 21.6 Å². The number of carbonyl (C=O) groups is 1. The second-order valence-corrected chi connectivity index (χ2v) is 9.50. The minimum Gasteiger partial charge on any atom is -0.322 e. The van der Waals surface area contributed by atoms with Gasteiger partial charge in [0.05, 0.1) is 28.5 Å². The SMILES string of the molecule is Cc1ccc(S(=O)(=O)N2CCCN(CC(=O)Nc3c(C)nn(C)c3C)CC2)cc1. The molecule has 1 aromatic carbocycles. The van der Waals surface area contributed by atoms with Gasteiger partial charge in [0.1, 0.15) is 0 Å². The number of rotatable bonds is 5. The minimum atomic E-state index is -3.52.